The number of rotatable bonds is 7. The van der Waals surface area contributed by atoms with Gasteiger partial charge in [-0.2, -0.15) is 0 Å². The van der Waals surface area contributed by atoms with Crippen molar-refractivity contribution in [2.75, 3.05) is 5.32 Å². The van der Waals surface area contributed by atoms with Gasteiger partial charge >= 0.3 is 0 Å². The Labute approximate surface area is 196 Å². The Morgan fingerprint density at radius 1 is 0.971 bits per heavy atom. The van der Waals surface area contributed by atoms with E-state index in [2.05, 4.69) is 20.3 Å². The maximum Gasteiger partial charge on any atom is 0.272 e. The number of carbonyl (C=O) groups excluding carboxylic acids is 1. The highest BCUT2D eigenvalue weighted by Gasteiger charge is 2.33. The molecule has 2 aromatic carbocycles. The summed E-state index contributed by atoms with van der Waals surface area (Å²) < 4.78 is 15.0. The number of carbonyl (C=O) groups is 1. The van der Waals surface area contributed by atoms with Crippen LogP contribution in [-0.4, -0.2) is 37.8 Å². The lowest BCUT2D eigenvalue weighted by molar-refractivity contribution is 0.0724. The number of anilines is 1. The van der Waals surface area contributed by atoms with Crippen LogP contribution in [0.1, 0.15) is 41.7 Å². The van der Waals surface area contributed by atoms with Gasteiger partial charge in [0, 0.05) is 30.2 Å². The van der Waals surface area contributed by atoms with Crippen LogP contribution < -0.4 is 5.32 Å². The predicted molar refractivity (Wildman–Crippen MR) is 129 cm³/mol. The van der Waals surface area contributed by atoms with E-state index in [1.54, 1.807) is 18.3 Å². The molecule has 0 bridgehead atoms. The molecule has 4 aromatic rings. The summed E-state index contributed by atoms with van der Waals surface area (Å²) in [6.07, 6.45) is 7.26. The summed E-state index contributed by atoms with van der Waals surface area (Å²) in [5.74, 6) is 0.243. The zero-order valence-corrected chi connectivity index (χ0v) is 18.6. The van der Waals surface area contributed by atoms with Crippen molar-refractivity contribution in [1.82, 2.24) is 19.9 Å². The Hall–Kier alpha value is -3.87. The van der Waals surface area contributed by atoms with E-state index in [-0.39, 0.29) is 17.8 Å². The highest BCUT2D eigenvalue weighted by molar-refractivity contribution is 5.94. The molecule has 7 heteroatoms. The first-order valence-corrected chi connectivity index (χ1v) is 11.7. The largest absolute Gasteiger partial charge is 0.367 e. The number of pyridine rings is 1. The second-order valence-electron chi connectivity index (χ2n) is 9.07. The van der Waals surface area contributed by atoms with Crippen molar-refractivity contribution in [3.05, 3.63) is 84.2 Å². The number of hydrogen-bond donors (Lipinski definition) is 1. The van der Waals surface area contributed by atoms with Crippen molar-refractivity contribution >= 4 is 22.6 Å². The van der Waals surface area contributed by atoms with E-state index in [1.807, 2.05) is 41.3 Å². The van der Waals surface area contributed by atoms with Gasteiger partial charge in [-0.05, 0) is 72.7 Å². The molecule has 1 N–H and O–H groups in total. The fraction of sp³-hybridized carbons (Fsp3) is 0.259. The van der Waals surface area contributed by atoms with E-state index >= 15 is 4.39 Å². The molecule has 34 heavy (non-hydrogen) atoms. The Bertz CT molecular complexity index is 1370. The first kappa shape index (κ1) is 20.7. The Morgan fingerprint density at radius 2 is 1.85 bits per heavy atom. The highest BCUT2D eigenvalue weighted by atomic mass is 19.1. The number of amides is 1. The molecule has 0 atom stereocenters. The average molecular weight is 454 g/mol. The minimum absolute atomic E-state index is 0.0572. The van der Waals surface area contributed by atoms with Gasteiger partial charge in [0.15, 0.2) is 0 Å². The lowest BCUT2D eigenvalue weighted by Gasteiger charge is -2.22. The van der Waals surface area contributed by atoms with E-state index in [4.69, 9.17) is 0 Å². The third-order valence-corrected chi connectivity index (χ3v) is 6.36. The minimum Gasteiger partial charge on any atom is -0.367 e. The Kier molecular flexibility index (Phi) is 5.17. The van der Waals surface area contributed by atoms with Gasteiger partial charge in [0.05, 0.1) is 0 Å². The van der Waals surface area contributed by atoms with Crippen LogP contribution in [0.25, 0.3) is 22.0 Å². The monoisotopic (exact) mass is 453 g/mol. The molecule has 0 unspecified atom stereocenters. The lowest BCUT2D eigenvalue weighted by Crippen LogP contribution is -2.33. The van der Waals surface area contributed by atoms with Crippen LogP contribution in [0.4, 0.5) is 10.2 Å². The number of aromatic nitrogens is 3. The van der Waals surface area contributed by atoms with Gasteiger partial charge in [-0.15, -0.1) is 0 Å². The van der Waals surface area contributed by atoms with Crippen LogP contribution in [-0.2, 0) is 6.54 Å². The summed E-state index contributed by atoms with van der Waals surface area (Å²) in [5.41, 5.74) is 3.42. The van der Waals surface area contributed by atoms with Crippen LogP contribution >= 0.6 is 0 Å². The van der Waals surface area contributed by atoms with E-state index in [9.17, 15) is 4.79 Å². The molecule has 2 heterocycles. The van der Waals surface area contributed by atoms with Gasteiger partial charge in [0.2, 0.25) is 0 Å². The molecule has 0 radical (unpaired) electrons. The van der Waals surface area contributed by atoms with Crippen molar-refractivity contribution in [2.45, 2.75) is 44.3 Å². The first-order chi connectivity index (χ1) is 16.7. The molecular weight excluding hydrogens is 429 g/mol. The van der Waals surface area contributed by atoms with E-state index < -0.39 is 0 Å². The van der Waals surface area contributed by atoms with Crippen LogP contribution in [0, 0.1) is 5.82 Å². The molecule has 2 aliphatic carbocycles. The lowest BCUT2D eigenvalue weighted by atomic mass is 10.0. The fourth-order valence-electron chi connectivity index (χ4n) is 4.26. The van der Waals surface area contributed by atoms with E-state index in [0.29, 0.717) is 35.0 Å². The molecule has 2 aromatic heterocycles. The van der Waals surface area contributed by atoms with Gasteiger partial charge in [0.25, 0.3) is 5.91 Å². The number of nitrogens with one attached hydrogen (secondary N) is 1. The van der Waals surface area contributed by atoms with Crippen molar-refractivity contribution < 1.29 is 9.18 Å². The second kappa shape index (κ2) is 8.48. The number of halogens is 1. The Morgan fingerprint density at radius 3 is 2.62 bits per heavy atom. The quantitative estimate of drug-likeness (QED) is 0.416. The highest BCUT2D eigenvalue weighted by Crippen LogP contribution is 2.33. The molecule has 6 nitrogen and oxygen atoms in total. The summed E-state index contributed by atoms with van der Waals surface area (Å²) in [6, 6.07) is 17.4. The number of fused-ring (bicyclic) bond motifs is 1. The third kappa shape index (κ3) is 4.21. The Balaban J connectivity index is 1.32. The minimum atomic E-state index is -0.371. The molecule has 6 rings (SSSR count). The maximum atomic E-state index is 15.0. The molecule has 0 saturated heterocycles. The second-order valence-corrected chi connectivity index (χ2v) is 9.07. The SMILES string of the molecule is O=C(c1ccccn1)N(Cc1cccc(-c2cc(F)c3ncnc(NC4CC4)c3c2)c1)C1CC1. The van der Waals surface area contributed by atoms with Crippen LogP contribution in [0.2, 0.25) is 0 Å². The summed E-state index contributed by atoms with van der Waals surface area (Å²) in [7, 11) is 0. The summed E-state index contributed by atoms with van der Waals surface area (Å²) in [4.78, 5) is 27.7. The van der Waals surface area contributed by atoms with Crippen LogP contribution in [0.15, 0.2) is 67.1 Å². The summed E-state index contributed by atoms with van der Waals surface area (Å²) in [6.45, 7) is 0.488. The molecular formula is C27H24FN5O. The topological polar surface area (TPSA) is 71.0 Å². The molecule has 0 spiro atoms. The average Bonchev–Trinajstić information content (AvgIpc) is 3.79. The van der Waals surface area contributed by atoms with E-state index in [0.717, 1.165) is 42.4 Å². The van der Waals surface area contributed by atoms with Gasteiger partial charge in [0.1, 0.15) is 29.2 Å². The zero-order chi connectivity index (χ0) is 23.1. The van der Waals surface area contributed by atoms with Gasteiger partial charge in [-0.3, -0.25) is 9.78 Å². The molecule has 2 saturated carbocycles. The summed E-state index contributed by atoms with van der Waals surface area (Å²) >= 11 is 0. The van der Waals surface area contributed by atoms with Gasteiger partial charge in [-0.25, -0.2) is 14.4 Å². The third-order valence-electron chi connectivity index (χ3n) is 6.36. The number of nitrogens with zero attached hydrogens (tertiary/aromatic N) is 4. The zero-order valence-electron chi connectivity index (χ0n) is 18.6. The smallest absolute Gasteiger partial charge is 0.272 e. The normalized spacial score (nSPS) is 15.3. The molecule has 2 aliphatic rings. The van der Waals surface area contributed by atoms with Crippen LogP contribution in [0.3, 0.4) is 0 Å². The predicted octanol–water partition coefficient (Wildman–Crippen LogP) is 5.21. The van der Waals surface area contributed by atoms with Crippen molar-refractivity contribution in [2.24, 2.45) is 0 Å². The van der Waals surface area contributed by atoms with Crippen molar-refractivity contribution in [3.63, 3.8) is 0 Å². The maximum absolute atomic E-state index is 15.0. The molecule has 2 fully saturated rings. The summed E-state index contributed by atoms with van der Waals surface area (Å²) in [5, 5.41) is 4.06. The fourth-order valence-corrected chi connectivity index (χ4v) is 4.26. The van der Waals surface area contributed by atoms with Crippen molar-refractivity contribution in [3.8, 4) is 11.1 Å². The van der Waals surface area contributed by atoms with Gasteiger partial charge in [-0.1, -0.05) is 24.3 Å². The van der Waals surface area contributed by atoms with Crippen molar-refractivity contribution in [1.29, 1.82) is 0 Å². The first-order valence-electron chi connectivity index (χ1n) is 11.7. The number of benzene rings is 2. The molecule has 0 aliphatic heterocycles. The number of hydrogen-bond acceptors (Lipinski definition) is 5. The van der Waals surface area contributed by atoms with E-state index in [1.165, 1.54) is 12.4 Å². The molecule has 170 valence electrons. The van der Waals surface area contributed by atoms with Gasteiger partial charge < -0.3 is 10.2 Å². The van der Waals surface area contributed by atoms with Crippen LogP contribution in [0.5, 0.6) is 0 Å². The standard InChI is InChI=1S/C27H24FN5O/c28-23-14-19(13-22-25(23)30-16-31-26(22)32-20-7-8-20)18-5-3-4-17(12-18)15-33(21-9-10-21)27(34)24-6-1-2-11-29-24/h1-6,11-14,16,20-21H,7-10,15H2,(H,30,31,32). The molecule has 1 amide bonds.